The summed E-state index contributed by atoms with van der Waals surface area (Å²) in [6, 6.07) is -1.12. The van der Waals surface area contributed by atoms with Crippen LogP contribution in [0.15, 0.2) is 0 Å². The predicted molar refractivity (Wildman–Crippen MR) is 52.8 cm³/mol. The summed E-state index contributed by atoms with van der Waals surface area (Å²) in [5.41, 5.74) is 0. The van der Waals surface area contributed by atoms with E-state index in [1.54, 1.807) is 0 Å². The highest BCUT2D eigenvalue weighted by atomic mass is 31.2. The van der Waals surface area contributed by atoms with Gasteiger partial charge in [-0.25, -0.2) is 4.79 Å². The van der Waals surface area contributed by atoms with Crippen molar-refractivity contribution in [2.75, 3.05) is 19.1 Å². The van der Waals surface area contributed by atoms with E-state index in [9.17, 15) is 18.7 Å². The van der Waals surface area contributed by atoms with E-state index in [4.69, 9.17) is 19.6 Å². The highest BCUT2D eigenvalue weighted by molar-refractivity contribution is 7.52. The van der Waals surface area contributed by atoms with Crippen molar-refractivity contribution >= 4 is 27.1 Å². The van der Waals surface area contributed by atoms with Gasteiger partial charge in [-0.2, -0.15) is 0 Å². The molecule has 0 aromatic carbocycles. The minimum absolute atomic E-state index is 0.274. The van der Waals surface area contributed by atoms with Crippen molar-refractivity contribution in [2.24, 2.45) is 0 Å². The first-order valence-corrected chi connectivity index (χ1v) is 7.77. The smallest absolute Gasteiger partial charge is 0.323 e. The van der Waals surface area contributed by atoms with E-state index in [0.717, 1.165) is 0 Å². The zero-order valence-electron chi connectivity index (χ0n) is 8.33. The monoisotopic (exact) mass is 288 g/mol. The lowest BCUT2D eigenvalue weighted by Crippen LogP contribution is -2.34. The summed E-state index contributed by atoms with van der Waals surface area (Å²) in [7, 11) is -9.13. The summed E-state index contributed by atoms with van der Waals surface area (Å²) in [4.78, 5) is 58.0. The molecule has 4 N–H and O–H groups in total. The number of nitrogens with zero attached hydrogens (tertiary/aromatic N) is 2. The van der Waals surface area contributed by atoms with Crippen LogP contribution in [-0.2, 0) is 13.9 Å². The molecule has 0 aromatic heterocycles. The van der Waals surface area contributed by atoms with E-state index >= 15 is 0 Å². The summed E-state index contributed by atoms with van der Waals surface area (Å²) < 4.78 is 21.3. The SMILES string of the molecule is O=C1CN(CP(=O)(O)O)C(=O)N1CP(=O)(O)O. The summed E-state index contributed by atoms with van der Waals surface area (Å²) in [6.07, 6.45) is -2.06. The Labute approximate surface area is 95.1 Å². The van der Waals surface area contributed by atoms with Crippen LogP contribution in [0.3, 0.4) is 0 Å². The minimum atomic E-state index is -4.60. The van der Waals surface area contributed by atoms with Crippen molar-refractivity contribution in [3.05, 3.63) is 0 Å². The van der Waals surface area contributed by atoms with Crippen molar-refractivity contribution in [2.45, 2.75) is 0 Å². The molecule has 1 heterocycles. The molecule has 1 rings (SSSR count). The maximum Gasteiger partial charge on any atom is 0.345 e. The average molecular weight is 288 g/mol. The van der Waals surface area contributed by atoms with E-state index < -0.39 is 46.2 Å². The Bertz CT molecular complexity index is 437. The molecule has 0 unspecified atom stereocenters. The quantitative estimate of drug-likeness (QED) is 0.360. The summed E-state index contributed by atoms with van der Waals surface area (Å²) >= 11 is 0. The van der Waals surface area contributed by atoms with Crippen LogP contribution >= 0.6 is 15.2 Å². The first-order chi connectivity index (χ1) is 7.49. The van der Waals surface area contributed by atoms with E-state index in [-0.39, 0.29) is 4.90 Å². The Morgan fingerprint density at radius 1 is 1.00 bits per heavy atom. The van der Waals surface area contributed by atoms with Gasteiger partial charge in [0.2, 0.25) is 0 Å². The Morgan fingerprint density at radius 3 is 1.88 bits per heavy atom. The maximum absolute atomic E-state index is 11.4. The molecule has 1 saturated heterocycles. The molecule has 0 spiro atoms. The third kappa shape index (κ3) is 4.19. The van der Waals surface area contributed by atoms with Crippen molar-refractivity contribution in [1.82, 2.24) is 9.80 Å². The molecule has 0 atom stereocenters. The van der Waals surface area contributed by atoms with Gasteiger partial charge < -0.3 is 24.5 Å². The lowest BCUT2D eigenvalue weighted by Gasteiger charge is -2.17. The second-order valence-electron chi connectivity index (χ2n) is 3.41. The third-order valence-electron chi connectivity index (χ3n) is 1.81. The fourth-order valence-electron chi connectivity index (χ4n) is 1.25. The van der Waals surface area contributed by atoms with Gasteiger partial charge in [-0.05, 0) is 0 Å². The van der Waals surface area contributed by atoms with Crippen LogP contribution in [-0.4, -0.2) is 60.4 Å². The van der Waals surface area contributed by atoms with Crippen molar-refractivity contribution in [3.63, 3.8) is 0 Å². The van der Waals surface area contributed by atoms with Gasteiger partial charge >= 0.3 is 21.2 Å². The summed E-state index contributed by atoms with van der Waals surface area (Å²) in [6.45, 7) is -0.607. The first kappa shape index (κ1) is 14.3. The topological polar surface area (TPSA) is 156 Å². The number of carbonyl (C=O) groups is 2. The number of hydrogen-bond donors (Lipinski definition) is 4. The Morgan fingerprint density at radius 2 is 1.47 bits per heavy atom. The van der Waals surface area contributed by atoms with Crippen molar-refractivity contribution < 1.29 is 38.3 Å². The zero-order valence-corrected chi connectivity index (χ0v) is 10.1. The van der Waals surface area contributed by atoms with Gasteiger partial charge in [-0.3, -0.25) is 18.8 Å². The molecule has 17 heavy (non-hydrogen) atoms. The Kier molecular flexibility index (Phi) is 3.78. The molecule has 3 amide bonds. The largest absolute Gasteiger partial charge is 0.345 e. The van der Waals surface area contributed by atoms with Gasteiger partial charge in [0.15, 0.2) is 0 Å². The second kappa shape index (κ2) is 4.49. The molecule has 10 nitrogen and oxygen atoms in total. The second-order valence-corrected chi connectivity index (χ2v) is 6.64. The molecular formula is C5H10N2O8P2. The van der Waals surface area contributed by atoms with Crippen LogP contribution in [0.4, 0.5) is 4.79 Å². The van der Waals surface area contributed by atoms with Gasteiger partial charge in [0.05, 0.1) is 0 Å². The van der Waals surface area contributed by atoms with Crippen LogP contribution in [0.1, 0.15) is 0 Å². The summed E-state index contributed by atoms with van der Waals surface area (Å²) in [5.74, 6) is -0.910. The standard InChI is InChI=1S/C5H10N2O8P2/c8-4-1-6(2-16(10,11)12)5(9)7(4)3-17(13,14)15/h1-3H2,(H2,10,11,12)(H2,13,14,15). The average Bonchev–Trinajstić information content (AvgIpc) is 2.27. The molecule has 0 radical (unpaired) electrons. The number of amides is 3. The highest BCUT2D eigenvalue weighted by Crippen LogP contribution is 2.39. The van der Waals surface area contributed by atoms with E-state index in [1.165, 1.54) is 0 Å². The minimum Gasteiger partial charge on any atom is -0.323 e. The fraction of sp³-hybridized carbons (Fsp3) is 0.600. The molecular weight excluding hydrogens is 278 g/mol. The Balaban J connectivity index is 2.79. The number of carbonyl (C=O) groups excluding carboxylic acids is 2. The zero-order chi connectivity index (χ0) is 13.4. The van der Waals surface area contributed by atoms with Gasteiger partial charge in [0.25, 0.3) is 5.91 Å². The van der Waals surface area contributed by atoms with Crippen LogP contribution in [0, 0.1) is 0 Å². The molecule has 0 bridgehead atoms. The molecule has 0 aromatic rings. The lowest BCUT2D eigenvalue weighted by atomic mass is 10.6. The first-order valence-electron chi connectivity index (χ1n) is 4.18. The number of rotatable bonds is 4. The predicted octanol–water partition coefficient (Wildman–Crippen LogP) is -1.48. The summed E-state index contributed by atoms with van der Waals surface area (Å²) in [5, 5.41) is 0. The van der Waals surface area contributed by atoms with Gasteiger partial charge in [0.1, 0.15) is 19.1 Å². The molecule has 1 aliphatic heterocycles. The van der Waals surface area contributed by atoms with Gasteiger partial charge in [-0.15, -0.1) is 0 Å². The molecule has 1 aliphatic rings. The Hall–Kier alpha value is -0.760. The van der Waals surface area contributed by atoms with E-state index in [0.29, 0.717) is 4.90 Å². The van der Waals surface area contributed by atoms with Crippen LogP contribution in [0.25, 0.3) is 0 Å². The molecule has 0 saturated carbocycles. The van der Waals surface area contributed by atoms with E-state index in [1.807, 2.05) is 0 Å². The van der Waals surface area contributed by atoms with Crippen molar-refractivity contribution in [3.8, 4) is 0 Å². The van der Waals surface area contributed by atoms with Crippen molar-refractivity contribution in [1.29, 1.82) is 0 Å². The maximum atomic E-state index is 11.4. The lowest BCUT2D eigenvalue weighted by molar-refractivity contribution is -0.124. The molecule has 1 fully saturated rings. The third-order valence-corrected chi connectivity index (χ3v) is 3.17. The number of urea groups is 1. The van der Waals surface area contributed by atoms with Crippen LogP contribution in [0.5, 0.6) is 0 Å². The molecule has 0 aliphatic carbocycles. The number of hydrogen-bond acceptors (Lipinski definition) is 4. The molecule has 98 valence electrons. The van der Waals surface area contributed by atoms with Crippen LogP contribution in [0.2, 0.25) is 0 Å². The van der Waals surface area contributed by atoms with Crippen LogP contribution < -0.4 is 0 Å². The van der Waals surface area contributed by atoms with Gasteiger partial charge in [-0.1, -0.05) is 0 Å². The number of imide groups is 1. The van der Waals surface area contributed by atoms with Gasteiger partial charge in [0, 0.05) is 0 Å². The fourth-order valence-corrected chi connectivity index (χ4v) is 2.56. The normalized spacial score (nSPS) is 18.1. The van der Waals surface area contributed by atoms with E-state index in [2.05, 4.69) is 0 Å². The molecule has 12 heteroatoms. The highest BCUT2D eigenvalue weighted by Gasteiger charge is 2.41.